The Morgan fingerprint density at radius 3 is 2.21 bits per heavy atom. The monoisotopic (exact) mass is 265 g/mol. The van der Waals surface area contributed by atoms with Crippen LogP contribution in [-0.4, -0.2) is 26.9 Å². The van der Waals surface area contributed by atoms with Gasteiger partial charge in [-0.3, -0.25) is 0 Å². The van der Waals surface area contributed by atoms with E-state index in [0.717, 1.165) is 30.1 Å². The van der Waals surface area contributed by atoms with Gasteiger partial charge < -0.3 is 19.9 Å². The van der Waals surface area contributed by atoms with Crippen molar-refractivity contribution in [1.29, 1.82) is 0 Å². The molecule has 0 spiro atoms. The van der Waals surface area contributed by atoms with Crippen molar-refractivity contribution in [3.8, 4) is 17.2 Å². The lowest BCUT2D eigenvalue weighted by Gasteiger charge is -2.16. The lowest BCUT2D eigenvalue weighted by atomic mass is 10.0. The predicted octanol–water partition coefficient (Wildman–Crippen LogP) is 2.60. The van der Waals surface area contributed by atoms with Gasteiger partial charge in [0, 0.05) is 24.2 Å². The molecule has 0 saturated heterocycles. The van der Waals surface area contributed by atoms with Crippen LogP contribution in [-0.2, 0) is 0 Å². The fraction of sp³-hybridized carbons (Fsp3) is 0.600. The molecule has 0 aliphatic heterocycles. The van der Waals surface area contributed by atoms with Crippen molar-refractivity contribution in [3.05, 3.63) is 18.2 Å². The number of nitrogens with two attached hydrogens (primary N) is 1. The second-order valence-electron chi connectivity index (χ2n) is 5.04. The van der Waals surface area contributed by atoms with Gasteiger partial charge in [-0.25, -0.2) is 0 Å². The first-order valence-corrected chi connectivity index (χ1v) is 6.84. The van der Waals surface area contributed by atoms with E-state index in [0.29, 0.717) is 18.6 Å². The highest BCUT2D eigenvalue weighted by Gasteiger charge is 2.23. The van der Waals surface area contributed by atoms with E-state index >= 15 is 0 Å². The van der Waals surface area contributed by atoms with Crippen LogP contribution in [0, 0.1) is 5.92 Å². The number of hydrogen-bond acceptors (Lipinski definition) is 4. The minimum absolute atomic E-state index is 0.350. The molecule has 1 aromatic carbocycles. The van der Waals surface area contributed by atoms with Crippen LogP contribution in [0.2, 0.25) is 0 Å². The summed E-state index contributed by atoms with van der Waals surface area (Å²) in [5.41, 5.74) is 6.05. The van der Waals surface area contributed by atoms with Crippen LogP contribution in [0.3, 0.4) is 0 Å². The lowest BCUT2D eigenvalue weighted by Crippen LogP contribution is -2.25. The van der Waals surface area contributed by atoms with Crippen LogP contribution in [0.4, 0.5) is 0 Å². The molecule has 0 heterocycles. The molecule has 19 heavy (non-hydrogen) atoms. The van der Waals surface area contributed by atoms with Crippen LogP contribution in [0.15, 0.2) is 18.2 Å². The molecule has 0 radical (unpaired) electrons. The molecule has 0 amide bonds. The lowest BCUT2D eigenvalue weighted by molar-refractivity contribution is 0.268. The van der Waals surface area contributed by atoms with E-state index < -0.39 is 0 Å². The normalized spacial score (nSPS) is 22.3. The van der Waals surface area contributed by atoms with Gasteiger partial charge in [0.05, 0.1) is 20.8 Å². The SMILES string of the molecule is COc1cc(OC)cc(OCCC2CCCC2N)c1. The summed E-state index contributed by atoms with van der Waals surface area (Å²) < 4.78 is 16.2. The number of benzene rings is 1. The van der Waals surface area contributed by atoms with Gasteiger partial charge in [0.25, 0.3) is 0 Å². The molecule has 106 valence electrons. The van der Waals surface area contributed by atoms with Gasteiger partial charge >= 0.3 is 0 Å². The van der Waals surface area contributed by atoms with Crippen molar-refractivity contribution in [1.82, 2.24) is 0 Å². The zero-order valence-corrected chi connectivity index (χ0v) is 11.7. The molecule has 2 unspecified atom stereocenters. The van der Waals surface area contributed by atoms with Crippen molar-refractivity contribution in [3.63, 3.8) is 0 Å². The third-order valence-electron chi connectivity index (χ3n) is 3.80. The summed E-state index contributed by atoms with van der Waals surface area (Å²) in [5.74, 6) is 2.87. The Morgan fingerprint density at radius 1 is 1.05 bits per heavy atom. The smallest absolute Gasteiger partial charge is 0.126 e. The summed E-state index contributed by atoms with van der Waals surface area (Å²) in [5, 5.41) is 0. The van der Waals surface area contributed by atoms with Gasteiger partial charge in [0.2, 0.25) is 0 Å². The van der Waals surface area contributed by atoms with Gasteiger partial charge in [0.1, 0.15) is 17.2 Å². The Hall–Kier alpha value is -1.42. The van der Waals surface area contributed by atoms with E-state index in [2.05, 4.69) is 0 Å². The second kappa shape index (κ2) is 6.66. The van der Waals surface area contributed by atoms with Crippen molar-refractivity contribution in [2.75, 3.05) is 20.8 Å². The van der Waals surface area contributed by atoms with E-state index in [1.165, 1.54) is 12.8 Å². The van der Waals surface area contributed by atoms with Crippen LogP contribution >= 0.6 is 0 Å². The van der Waals surface area contributed by atoms with Crippen LogP contribution in [0.25, 0.3) is 0 Å². The molecule has 0 aromatic heterocycles. The van der Waals surface area contributed by atoms with Crippen LogP contribution < -0.4 is 19.9 Å². The van der Waals surface area contributed by atoms with E-state index in [4.69, 9.17) is 19.9 Å². The Balaban J connectivity index is 1.88. The predicted molar refractivity (Wildman–Crippen MR) is 75.0 cm³/mol. The minimum atomic E-state index is 0.350. The number of hydrogen-bond donors (Lipinski definition) is 1. The number of ether oxygens (including phenoxy) is 3. The molecular weight excluding hydrogens is 242 g/mol. The van der Waals surface area contributed by atoms with Crippen molar-refractivity contribution in [2.24, 2.45) is 11.7 Å². The quantitative estimate of drug-likeness (QED) is 0.859. The number of rotatable bonds is 6. The molecule has 2 N–H and O–H groups in total. The number of methoxy groups -OCH3 is 2. The van der Waals surface area contributed by atoms with E-state index in [1.54, 1.807) is 14.2 Å². The van der Waals surface area contributed by atoms with Gasteiger partial charge in [-0.1, -0.05) is 6.42 Å². The first-order valence-electron chi connectivity index (χ1n) is 6.84. The summed E-state index contributed by atoms with van der Waals surface area (Å²) in [7, 11) is 3.27. The molecule has 2 atom stereocenters. The fourth-order valence-corrected chi connectivity index (χ4v) is 2.62. The molecule has 1 aliphatic carbocycles. The topological polar surface area (TPSA) is 53.7 Å². The van der Waals surface area contributed by atoms with Gasteiger partial charge in [-0.2, -0.15) is 0 Å². The van der Waals surface area contributed by atoms with Gasteiger partial charge in [-0.15, -0.1) is 0 Å². The molecule has 4 nitrogen and oxygen atoms in total. The summed E-state index contributed by atoms with van der Waals surface area (Å²) in [6.45, 7) is 0.689. The molecule has 4 heteroatoms. The fourth-order valence-electron chi connectivity index (χ4n) is 2.62. The van der Waals surface area contributed by atoms with Crippen molar-refractivity contribution < 1.29 is 14.2 Å². The second-order valence-corrected chi connectivity index (χ2v) is 5.04. The molecule has 1 saturated carbocycles. The van der Waals surface area contributed by atoms with Crippen LogP contribution in [0.5, 0.6) is 17.2 Å². The average Bonchev–Trinajstić information content (AvgIpc) is 2.84. The summed E-state index contributed by atoms with van der Waals surface area (Å²) >= 11 is 0. The molecule has 0 bridgehead atoms. The Labute approximate surface area is 114 Å². The van der Waals surface area contributed by atoms with Gasteiger partial charge in [-0.05, 0) is 25.2 Å². The first-order chi connectivity index (χ1) is 9.22. The highest BCUT2D eigenvalue weighted by molar-refractivity contribution is 5.41. The Bertz CT molecular complexity index is 386. The van der Waals surface area contributed by atoms with Crippen LogP contribution in [0.1, 0.15) is 25.7 Å². The van der Waals surface area contributed by atoms with Gasteiger partial charge in [0.15, 0.2) is 0 Å². The van der Waals surface area contributed by atoms with E-state index in [1.807, 2.05) is 18.2 Å². The highest BCUT2D eigenvalue weighted by Crippen LogP contribution is 2.29. The summed E-state index contributed by atoms with van der Waals surface area (Å²) in [6.07, 6.45) is 4.64. The molecule has 2 rings (SSSR count). The third kappa shape index (κ3) is 3.77. The largest absolute Gasteiger partial charge is 0.496 e. The maximum absolute atomic E-state index is 6.05. The van der Waals surface area contributed by atoms with E-state index in [9.17, 15) is 0 Å². The minimum Gasteiger partial charge on any atom is -0.496 e. The Morgan fingerprint density at radius 2 is 1.68 bits per heavy atom. The maximum atomic E-state index is 6.05. The molecule has 1 fully saturated rings. The zero-order valence-electron chi connectivity index (χ0n) is 11.7. The zero-order chi connectivity index (χ0) is 13.7. The van der Waals surface area contributed by atoms with Crippen molar-refractivity contribution >= 4 is 0 Å². The highest BCUT2D eigenvalue weighted by atomic mass is 16.5. The summed E-state index contributed by atoms with van der Waals surface area (Å²) in [6, 6.07) is 5.93. The third-order valence-corrected chi connectivity index (χ3v) is 3.80. The maximum Gasteiger partial charge on any atom is 0.126 e. The average molecular weight is 265 g/mol. The summed E-state index contributed by atoms with van der Waals surface area (Å²) in [4.78, 5) is 0. The Kier molecular flexibility index (Phi) is 4.91. The molecular formula is C15H23NO3. The molecule has 1 aromatic rings. The van der Waals surface area contributed by atoms with Crippen molar-refractivity contribution in [2.45, 2.75) is 31.7 Å². The first kappa shape index (κ1) is 14.0. The van der Waals surface area contributed by atoms with E-state index in [-0.39, 0.29) is 0 Å². The standard InChI is InChI=1S/C15H23NO3/c1-17-12-8-13(18-2)10-14(9-12)19-7-6-11-4-3-5-15(11)16/h8-11,15H,3-7,16H2,1-2H3. The molecule has 1 aliphatic rings.